The van der Waals surface area contributed by atoms with E-state index in [-0.39, 0.29) is 5.41 Å². The van der Waals surface area contributed by atoms with E-state index in [4.69, 9.17) is 0 Å². The van der Waals surface area contributed by atoms with Crippen molar-refractivity contribution in [1.82, 2.24) is 0 Å². The van der Waals surface area contributed by atoms with Crippen LogP contribution in [0.1, 0.15) is 47.2 Å². The van der Waals surface area contributed by atoms with Gasteiger partial charge in [0.05, 0.1) is 11.1 Å². The summed E-state index contributed by atoms with van der Waals surface area (Å²) < 4.78 is 0. The summed E-state index contributed by atoms with van der Waals surface area (Å²) in [6.07, 6.45) is 0. The lowest BCUT2D eigenvalue weighted by atomic mass is 9.68. The Labute approximate surface area is 347 Å². The molecule has 0 aliphatic heterocycles. The zero-order valence-electron chi connectivity index (χ0n) is 33.3. The summed E-state index contributed by atoms with van der Waals surface area (Å²) >= 11 is 0. The molecule has 59 heavy (non-hydrogen) atoms. The van der Waals surface area contributed by atoms with Gasteiger partial charge in [0.1, 0.15) is 0 Å². The highest BCUT2D eigenvalue weighted by atomic mass is 15.1. The molecule has 9 aromatic carbocycles. The highest BCUT2D eigenvalue weighted by molar-refractivity contribution is 5.95. The standard InChI is InChI=1S/C58H43N/c1-57(2)51-26-12-11-25-50(51)56-54(57)29-16-30-55(56)59(46-35-31-41(32-36-46)43-20-15-19-42(39-43)40-17-5-3-6-18-40)47-37-33-45(34-38-47)58(44-21-7-4-8-22-44)52-27-13-9-23-48(52)49-24-10-14-28-53(49)58/h3-39H,1-2H3. The molecule has 0 bridgehead atoms. The van der Waals surface area contributed by atoms with Crippen LogP contribution in [0, 0.1) is 0 Å². The molecule has 0 atom stereocenters. The van der Waals surface area contributed by atoms with Crippen LogP contribution in [-0.4, -0.2) is 0 Å². The zero-order valence-corrected chi connectivity index (χ0v) is 33.3. The number of fused-ring (bicyclic) bond motifs is 6. The highest BCUT2D eigenvalue weighted by Crippen LogP contribution is 2.57. The van der Waals surface area contributed by atoms with E-state index in [0.29, 0.717) is 0 Å². The summed E-state index contributed by atoms with van der Waals surface area (Å²) in [6.45, 7) is 4.72. The molecule has 280 valence electrons. The summed E-state index contributed by atoms with van der Waals surface area (Å²) in [6, 6.07) is 82.9. The van der Waals surface area contributed by atoms with Crippen LogP contribution in [-0.2, 0) is 10.8 Å². The molecule has 0 N–H and O–H groups in total. The molecule has 9 aromatic rings. The van der Waals surface area contributed by atoms with Crippen LogP contribution in [0.25, 0.3) is 44.5 Å². The second-order valence-electron chi connectivity index (χ2n) is 16.5. The van der Waals surface area contributed by atoms with Crippen molar-refractivity contribution in [2.75, 3.05) is 4.90 Å². The molecule has 0 fully saturated rings. The lowest BCUT2D eigenvalue weighted by molar-refractivity contribution is 0.660. The minimum atomic E-state index is -0.454. The molecular formula is C58H43N. The first kappa shape index (κ1) is 35.0. The van der Waals surface area contributed by atoms with Crippen molar-refractivity contribution in [3.63, 3.8) is 0 Å². The van der Waals surface area contributed by atoms with Gasteiger partial charge in [-0.2, -0.15) is 0 Å². The van der Waals surface area contributed by atoms with Crippen molar-refractivity contribution in [1.29, 1.82) is 0 Å². The molecule has 0 saturated heterocycles. The Morgan fingerprint density at radius 1 is 0.322 bits per heavy atom. The molecule has 0 unspecified atom stereocenters. The average molecular weight is 754 g/mol. The highest BCUT2D eigenvalue weighted by Gasteiger charge is 2.46. The average Bonchev–Trinajstić information content (AvgIpc) is 3.74. The van der Waals surface area contributed by atoms with Crippen molar-refractivity contribution in [2.45, 2.75) is 24.7 Å². The minimum Gasteiger partial charge on any atom is -0.310 e. The van der Waals surface area contributed by atoms with Crippen molar-refractivity contribution in [3.8, 4) is 44.5 Å². The summed E-state index contributed by atoms with van der Waals surface area (Å²) in [5.41, 5.74) is 20.8. The van der Waals surface area contributed by atoms with Crippen LogP contribution < -0.4 is 4.90 Å². The summed E-state index contributed by atoms with van der Waals surface area (Å²) in [7, 11) is 0. The molecule has 1 heteroatoms. The molecule has 0 heterocycles. The van der Waals surface area contributed by atoms with E-state index in [1.807, 2.05) is 0 Å². The van der Waals surface area contributed by atoms with E-state index < -0.39 is 5.41 Å². The van der Waals surface area contributed by atoms with Crippen LogP contribution in [0.3, 0.4) is 0 Å². The minimum absolute atomic E-state index is 0.115. The van der Waals surface area contributed by atoms with Gasteiger partial charge < -0.3 is 4.90 Å². The van der Waals surface area contributed by atoms with E-state index >= 15 is 0 Å². The van der Waals surface area contributed by atoms with E-state index in [2.05, 4.69) is 243 Å². The maximum atomic E-state index is 2.47. The third kappa shape index (κ3) is 5.39. The Balaban J connectivity index is 1.08. The second-order valence-corrected chi connectivity index (χ2v) is 16.5. The third-order valence-electron chi connectivity index (χ3n) is 13.0. The fraction of sp³-hybridized carbons (Fsp3) is 0.0690. The molecule has 0 radical (unpaired) electrons. The summed E-state index contributed by atoms with van der Waals surface area (Å²) in [5, 5.41) is 0. The van der Waals surface area contributed by atoms with Gasteiger partial charge in [0, 0.05) is 22.4 Å². The first-order valence-electron chi connectivity index (χ1n) is 20.7. The smallest absolute Gasteiger partial charge is 0.0713 e. The van der Waals surface area contributed by atoms with Gasteiger partial charge in [-0.15, -0.1) is 0 Å². The number of nitrogens with zero attached hydrogens (tertiary/aromatic N) is 1. The quantitative estimate of drug-likeness (QED) is 0.157. The van der Waals surface area contributed by atoms with Gasteiger partial charge in [0.2, 0.25) is 0 Å². The van der Waals surface area contributed by atoms with Crippen molar-refractivity contribution >= 4 is 17.1 Å². The Morgan fingerprint density at radius 2 is 0.763 bits per heavy atom. The molecule has 0 saturated carbocycles. The van der Waals surface area contributed by atoms with Crippen LogP contribution in [0.15, 0.2) is 224 Å². The molecule has 2 aliphatic carbocycles. The van der Waals surface area contributed by atoms with Gasteiger partial charge in [-0.3, -0.25) is 0 Å². The molecule has 2 aliphatic rings. The lowest BCUT2D eigenvalue weighted by Gasteiger charge is -2.34. The number of hydrogen-bond acceptors (Lipinski definition) is 1. The maximum Gasteiger partial charge on any atom is 0.0713 e. The van der Waals surface area contributed by atoms with Gasteiger partial charge in [0.15, 0.2) is 0 Å². The Kier molecular flexibility index (Phi) is 8.13. The normalized spacial score (nSPS) is 13.9. The molecule has 11 rings (SSSR count). The fourth-order valence-electron chi connectivity index (χ4n) is 10.2. The van der Waals surface area contributed by atoms with Gasteiger partial charge >= 0.3 is 0 Å². The van der Waals surface area contributed by atoms with Crippen LogP contribution in [0.4, 0.5) is 17.1 Å². The van der Waals surface area contributed by atoms with Crippen LogP contribution in [0.2, 0.25) is 0 Å². The van der Waals surface area contributed by atoms with Gasteiger partial charge in [-0.25, -0.2) is 0 Å². The molecule has 1 nitrogen and oxygen atoms in total. The van der Waals surface area contributed by atoms with Crippen molar-refractivity contribution in [2.24, 2.45) is 0 Å². The predicted molar refractivity (Wildman–Crippen MR) is 247 cm³/mol. The third-order valence-corrected chi connectivity index (χ3v) is 13.0. The molecular weight excluding hydrogens is 711 g/mol. The first-order valence-corrected chi connectivity index (χ1v) is 20.7. The molecule has 0 aromatic heterocycles. The Hall–Kier alpha value is -7.22. The topological polar surface area (TPSA) is 3.24 Å². The van der Waals surface area contributed by atoms with Crippen molar-refractivity contribution in [3.05, 3.63) is 258 Å². The van der Waals surface area contributed by atoms with Gasteiger partial charge in [-0.05, 0) is 109 Å². The predicted octanol–water partition coefficient (Wildman–Crippen LogP) is 15.2. The first-order chi connectivity index (χ1) is 29.0. The Bertz CT molecular complexity index is 2950. The Morgan fingerprint density at radius 3 is 1.39 bits per heavy atom. The monoisotopic (exact) mass is 753 g/mol. The summed E-state index contributed by atoms with van der Waals surface area (Å²) in [5.74, 6) is 0. The van der Waals surface area contributed by atoms with E-state index in [9.17, 15) is 0 Å². The van der Waals surface area contributed by atoms with Crippen molar-refractivity contribution < 1.29 is 0 Å². The zero-order chi connectivity index (χ0) is 39.6. The number of anilines is 3. The van der Waals surface area contributed by atoms with Crippen LogP contribution >= 0.6 is 0 Å². The van der Waals surface area contributed by atoms with Gasteiger partial charge in [0.25, 0.3) is 0 Å². The molecule has 0 amide bonds. The van der Waals surface area contributed by atoms with Gasteiger partial charge in [-0.1, -0.05) is 202 Å². The number of hydrogen-bond donors (Lipinski definition) is 0. The largest absolute Gasteiger partial charge is 0.310 e. The van der Waals surface area contributed by atoms with E-state index in [1.54, 1.807) is 0 Å². The number of benzene rings is 9. The maximum absolute atomic E-state index is 2.47. The summed E-state index contributed by atoms with van der Waals surface area (Å²) in [4.78, 5) is 2.47. The fourth-order valence-corrected chi connectivity index (χ4v) is 10.2. The van der Waals surface area contributed by atoms with E-state index in [1.165, 1.54) is 83.6 Å². The van der Waals surface area contributed by atoms with E-state index in [0.717, 1.165) is 11.4 Å². The molecule has 0 spiro atoms. The SMILES string of the molecule is CC1(C)c2ccccc2-c2c(N(c3ccc(-c4cccc(-c5ccccc5)c4)cc3)c3ccc(C4(c5ccccc5)c5ccccc5-c5ccccc54)cc3)cccc21. The number of rotatable bonds is 7. The van der Waals surface area contributed by atoms with Crippen LogP contribution in [0.5, 0.6) is 0 Å². The second kappa shape index (κ2) is 13.7. The lowest BCUT2D eigenvalue weighted by Crippen LogP contribution is -2.28.